The summed E-state index contributed by atoms with van der Waals surface area (Å²) in [5, 5.41) is 2.97. The lowest BCUT2D eigenvalue weighted by molar-refractivity contribution is -0.122. The van der Waals surface area contributed by atoms with Gasteiger partial charge in [-0.25, -0.2) is 9.69 Å². The largest absolute Gasteiger partial charge is 0.486 e. The first-order chi connectivity index (χ1) is 16.3. The molecule has 1 heterocycles. The van der Waals surface area contributed by atoms with Gasteiger partial charge < -0.3 is 4.74 Å². The zero-order valence-electron chi connectivity index (χ0n) is 17.8. The molecule has 9 heteroatoms. The van der Waals surface area contributed by atoms with E-state index in [1.54, 1.807) is 25.1 Å². The Labute approximate surface area is 210 Å². The molecule has 34 heavy (non-hydrogen) atoms. The fourth-order valence-electron chi connectivity index (χ4n) is 3.41. The predicted octanol–water partition coefficient (Wildman–Crippen LogP) is 6.20. The van der Waals surface area contributed by atoms with Gasteiger partial charge in [0, 0.05) is 5.02 Å². The van der Waals surface area contributed by atoms with Gasteiger partial charge in [0.2, 0.25) is 0 Å². The summed E-state index contributed by atoms with van der Waals surface area (Å²) in [6.45, 7) is 1.93. The molecule has 0 aromatic heterocycles. The van der Waals surface area contributed by atoms with Crippen molar-refractivity contribution in [3.8, 4) is 5.75 Å². The van der Waals surface area contributed by atoms with Crippen LogP contribution in [0.15, 0.2) is 66.2 Å². The topological polar surface area (TPSA) is 75.7 Å². The Morgan fingerprint density at radius 3 is 2.26 bits per heavy atom. The lowest BCUT2D eigenvalue weighted by atomic mass is 10.1. The molecule has 0 aliphatic carbocycles. The van der Waals surface area contributed by atoms with E-state index in [0.717, 1.165) is 10.5 Å². The van der Waals surface area contributed by atoms with E-state index in [0.29, 0.717) is 16.1 Å². The van der Waals surface area contributed by atoms with Crippen molar-refractivity contribution < 1.29 is 19.1 Å². The Kier molecular flexibility index (Phi) is 6.93. The Morgan fingerprint density at radius 2 is 1.59 bits per heavy atom. The minimum Gasteiger partial charge on any atom is -0.486 e. The molecule has 3 aromatic carbocycles. The number of barbiturate groups is 1. The third-order valence-electron chi connectivity index (χ3n) is 5.14. The number of carbonyl (C=O) groups excluding carboxylic acids is 3. The Bertz CT molecular complexity index is 1320. The van der Waals surface area contributed by atoms with Gasteiger partial charge in [0.25, 0.3) is 11.8 Å². The number of amides is 4. The number of nitrogens with zero attached hydrogens (tertiary/aromatic N) is 1. The van der Waals surface area contributed by atoms with E-state index in [9.17, 15) is 14.4 Å². The molecule has 1 aliphatic rings. The van der Waals surface area contributed by atoms with Crippen molar-refractivity contribution in [1.29, 1.82) is 0 Å². The van der Waals surface area contributed by atoms with Gasteiger partial charge in [-0.15, -0.1) is 0 Å². The normalized spacial score (nSPS) is 15.0. The highest BCUT2D eigenvalue weighted by molar-refractivity contribution is 6.40. The van der Waals surface area contributed by atoms with Crippen LogP contribution in [0.4, 0.5) is 10.5 Å². The number of nitrogens with one attached hydrogen (secondary N) is 1. The summed E-state index contributed by atoms with van der Waals surface area (Å²) in [7, 11) is 0. The van der Waals surface area contributed by atoms with Gasteiger partial charge >= 0.3 is 6.03 Å². The molecule has 1 fully saturated rings. The highest BCUT2D eigenvalue weighted by Gasteiger charge is 2.37. The number of carbonyl (C=O) groups is 3. The van der Waals surface area contributed by atoms with Gasteiger partial charge in [-0.2, -0.15) is 0 Å². The van der Waals surface area contributed by atoms with Crippen molar-refractivity contribution >= 4 is 64.4 Å². The number of imide groups is 2. The molecular weight excluding hydrogens is 499 g/mol. The summed E-state index contributed by atoms with van der Waals surface area (Å²) in [4.78, 5) is 39.0. The van der Waals surface area contributed by atoms with Crippen molar-refractivity contribution in [3.05, 3.63) is 98.0 Å². The zero-order chi connectivity index (χ0) is 24.4. The van der Waals surface area contributed by atoms with E-state index in [1.807, 2.05) is 30.3 Å². The van der Waals surface area contributed by atoms with Crippen LogP contribution in [0.2, 0.25) is 15.1 Å². The molecule has 0 saturated carbocycles. The van der Waals surface area contributed by atoms with Crippen LogP contribution in [0.5, 0.6) is 5.75 Å². The molecule has 1 aliphatic heterocycles. The summed E-state index contributed by atoms with van der Waals surface area (Å²) in [6, 6.07) is 16.5. The molecular formula is C25H17Cl3N2O4. The van der Waals surface area contributed by atoms with E-state index < -0.39 is 17.8 Å². The van der Waals surface area contributed by atoms with Crippen LogP contribution in [-0.2, 0) is 16.2 Å². The molecule has 1 N–H and O–H groups in total. The Morgan fingerprint density at radius 1 is 0.912 bits per heavy atom. The van der Waals surface area contributed by atoms with E-state index in [2.05, 4.69) is 5.32 Å². The first kappa shape index (κ1) is 23.8. The predicted molar refractivity (Wildman–Crippen MR) is 132 cm³/mol. The van der Waals surface area contributed by atoms with Crippen molar-refractivity contribution in [2.24, 2.45) is 0 Å². The third-order valence-corrected chi connectivity index (χ3v) is 6.11. The van der Waals surface area contributed by atoms with E-state index in [4.69, 9.17) is 39.5 Å². The maximum absolute atomic E-state index is 13.2. The van der Waals surface area contributed by atoms with Crippen molar-refractivity contribution in [2.45, 2.75) is 13.5 Å². The van der Waals surface area contributed by atoms with Gasteiger partial charge in [0.05, 0.1) is 15.7 Å². The second-order valence-corrected chi connectivity index (χ2v) is 8.65. The number of rotatable bonds is 5. The lowest BCUT2D eigenvalue weighted by Gasteiger charge is -2.27. The van der Waals surface area contributed by atoms with E-state index in [1.165, 1.54) is 18.2 Å². The smallest absolute Gasteiger partial charge is 0.335 e. The first-order valence-electron chi connectivity index (χ1n) is 10.1. The summed E-state index contributed by atoms with van der Waals surface area (Å²) in [5.74, 6) is -1.35. The minimum atomic E-state index is -0.863. The van der Waals surface area contributed by atoms with Gasteiger partial charge in [-0.1, -0.05) is 71.2 Å². The Balaban J connectivity index is 1.64. The van der Waals surface area contributed by atoms with E-state index in [-0.39, 0.29) is 33.7 Å². The molecule has 4 rings (SSSR count). The molecule has 0 atom stereocenters. The molecule has 6 nitrogen and oxygen atoms in total. The van der Waals surface area contributed by atoms with Crippen LogP contribution in [-0.4, -0.2) is 17.8 Å². The van der Waals surface area contributed by atoms with Gasteiger partial charge in [0.15, 0.2) is 5.75 Å². The minimum absolute atomic E-state index is 0.206. The summed E-state index contributed by atoms with van der Waals surface area (Å²) >= 11 is 18.9. The van der Waals surface area contributed by atoms with Crippen LogP contribution in [0.25, 0.3) is 6.08 Å². The molecule has 0 radical (unpaired) electrons. The van der Waals surface area contributed by atoms with Crippen molar-refractivity contribution in [1.82, 2.24) is 5.32 Å². The second kappa shape index (κ2) is 9.89. The van der Waals surface area contributed by atoms with Crippen LogP contribution >= 0.6 is 34.8 Å². The summed E-state index contributed by atoms with van der Waals surface area (Å²) in [6.07, 6.45) is 1.32. The lowest BCUT2D eigenvalue weighted by Crippen LogP contribution is -2.54. The highest BCUT2D eigenvalue weighted by atomic mass is 35.5. The molecule has 4 amide bonds. The molecule has 0 unspecified atom stereocenters. The maximum Gasteiger partial charge on any atom is 0.335 e. The molecule has 1 saturated heterocycles. The summed E-state index contributed by atoms with van der Waals surface area (Å²) < 4.78 is 5.76. The SMILES string of the molecule is Cc1c(Cl)cccc1N1C(=O)NC(=O)/C(=C\c2cc(Cl)c(OCc3ccccc3)c(Cl)c2)C1=O. The average Bonchev–Trinajstić information content (AvgIpc) is 2.79. The fraction of sp³-hybridized carbons (Fsp3) is 0.0800. The van der Waals surface area contributed by atoms with Crippen LogP contribution in [0.1, 0.15) is 16.7 Å². The van der Waals surface area contributed by atoms with E-state index >= 15 is 0 Å². The van der Waals surface area contributed by atoms with Crippen molar-refractivity contribution in [3.63, 3.8) is 0 Å². The number of halogens is 3. The average molecular weight is 516 g/mol. The van der Waals surface area contributed by atoms with Crippen LogP contribution in [0.3, 0.4) is 0 Å². The molecule has 0 bridgehead atoms. The number of urea groups is 1. The van der Waals surface area contributed by atoms with Gasteiger partial charge in [-0.05, 0) is 54.0 Å². The number of ether oxygens (including phenoxy) is 1. The highest BCUT2D eigenvalue weighted by Crippen LogP contribution is 2.36. The second-order valence-electron chi connectivity index (χ2n) is 7.43. The fourth-order valence-corrected chi connectivity index (χ4v) is 4.19. The van der Waals surface area contributed by atoms with Crippen LogP contribution < -0.4 is 15.0 Å². The summed E-state index contributed by atoms with van der Waals surface area (Å²) in [5.41, 5.74) is 1.86. The van der Waals surface area contributed by atoms with Crippen molar-refractivity contribution in [2.75, 3.05) is 4.90 Å². The Hall–Kier alpha value is -3.32. The third kappa shape index (κ3) is 4.80. The number of hydrogen-bond acceptors (Lipinski definition) is 4. The van der Waals surface area contributed by atoms with Gasteiger partial charge in [0.1, 0.15) is 12.2 Å². The number of benzene rings is 3. The van der Waals surface area contributed by atoms with Gasteiger partial charge in [-0.3, -0.25) is 14.9 Å². The molecule has 3 aromatic rings. The number of hydrogen-bond donors (Lipinski definition) is 1. The zero-order valence-corrected chi connectivity index (χ0v) is 20.0. The quantitative estimate of drug-likeness (QED) is 0.324. The first-order valence-corrected chi connectivity index (χ1v) is 11.2. The number of anilines is 1. The standard InChI is InChI=1S/C25H17Cl3N2O4/c1-14-18(26)8-5-9-21(14)30-24(32)17(23(31)29-25(30)33)10-16-11-19(27)22(20(28)12-16)34-13-15-6-3-2-4-7-15/h2-12H,13H2,1H3,(H,29,31,33)/b17-10+. The molecule has 0 spiro atoms. The maximum atomic E-state index is 13.2. The monoisotopic (exact) mass is 514 g/mol. The van der Waals surface area contributed by atoms with Crippen LogP contribution in [0, 0.1) is 6.92 Å². The molecule has 172 valence electrons.